The average Bonchev–Trinajstić information content (AvgIpc) is 2.74. The summed E-state index contributed by atoms with van der Waals surface area (Å²) in [6, 6.07) is 13.7. The summed E-state index contributed by atoms with van der Waals surface area (Å²) in [5.74, 6) is 0.0436. The number of nitrogens with one attached hydrogen (secondary N) is 1. The Bertz CT molecular complexity index is 978. The molecule has 2 amide bonds. The first-order valence-corrected chi connectivity index (χ1v) is 9.16. The van der Waals surface area contributed by atoms with Gasteiger partial charge in [-0.2, -0.15) is 5.26 Å². The number of nitrogens with two attached hydrogens (primary N) is 1. The number of hydrogen-bond donors (Lipinski definition) is 2. The number of imide groups is 1. The zero-order valence-electron chi connectivity index (χ0n) is 17.1. The third kappa shape index (κ3) is 5.52. The van der Waals surface area contributed by atoms with Crippen LogP contribution in [0, 0.1) is 11.3 Å². The monoisotopic (exact) mass is 408 g/mol. The largest absolute Gasteiger partial charge is 0.493 e. The Kier molecular flexibility index (Phi) is 7.82. The van der Waals surface area contributed by atoms with Crippen molar-refractivity contribution in [3.63, 3.8) is 0 Å². The minimum atomic E-state index is -0.714. The van der Waals surface area contributed by atoms with Crippen molar-refractivity contribution in [2.45, 2.75) is 13.3 Å². The first kappa shape index (κ1) is 22.3. The SMILES string of the molecule is COc1ccc(CCN/C=C(/C#N)C(=O)N(C(C)=O)c2ccc(N)cc2)cc1OC. The number of methoxy groups -OCH3 is 2. The number of ether oxygens (including phenoxy) is 2. The summed E-state index contributed by atoms with van der Waals surface area (Å²) in [4.78, 5) is 25.7. The minimum absolute atomic E-state index is 0.186. The highest BCUT2D eigenvalue weighted by Crippen LogP contribution is 2.27. The smallest absolute Gasteiger partial charge is 0.277 e. The first-order chi connectivity index (χ1) is 14.4. The number of carbonyl (C=O) groups excluding carboxylic acids is 2. The molecule has 0 bridgehead atoms. The molecule has 0 spiro atoms. The van der Waals surface area contributed by atoms with Gasteiger partial charge in [-0.25, -0.2) is 4.90 Å². The number of rotatable bonds is 8. The molecule has 0 aliphatic carbocycles. The predicted octanol–water partition coefficient (Wildman–Crippen LogP) is 2.41. The van der Waals surface area contributed by atoms with Gasteiger partial charge in [0.15, 0.2) is 11.5 Å². The third-order valence-electron chi connectivity index (χ3n) is 4.27. The van der Waals surface area contributed by atoms with E-state index in [1.165, 1.54) is 13.1 Å². The van der Waals surface area contributed by atoms with Gasteiger partial charge in [0, 0.05) is 25.4 Å². The second-order valence-corrected chi connectivity index (χ2v) is 6.31. The predicted molar refractivity (Wildman–Crippen MR) is 114 cm³/mol. The van der Waals surface area contributed by atoms with Crippen LogP contribution < -0.4 is 25.4 Å². The van der Waals surface area contributed by atoms with Crippen LogP contribution in [0.4, 0.5) is 11.4 Å². The molecule has 0 aromatic heterocycles. The van der Waals surface area contributed by atoms with Crippen molar-refractivity contribution >= 4 is 23.2 Å². The van der Waals surface area contributed by atoms with Crippen molar-refractivity contribution in [2.75, 3.05) is 31.4 Å². The number of nitrogens with zero attached hydrogens (tertiary/aromatic N) is 2. The molecule has 0 saturated heterocycles. The van der Waals surface area contributed by atoms with Gasteiger partial charge in [0.2, 0.25) is 5.91 Å². The molecule has 0 aliphatic heterocycles. The summed E-state index contributed by atoms with van der Waals surface area (Å²) < 4.78 is 10.5. The Hall–Kier alpha value is -3.99. The van der Waals surface area contributed by atoms with Gasteiger partial charge in [-0.15, -0.1) is 0 Å². The van der Waals surface area contributed by atoms with E-state index in [-0.39, 0.29) is 5.57 Å². The van der Waals surface area contributed by atoms with E-state index >= 15 is 0 Å². The van der Waals surface area contributed by atoms with E-state index in [1.807, 2.05) is 24.3 Å². The summed E-state index contributed by atoms with van der Waals surface area (Å²) in [5, 5.41) is 12.3. The Labute approximate surface area is 175 Å². The number of nitrogen functional groups attached to an aromatic ring is 1. The average molecular weight is 408 g/mol. The molecule has 8 nitrogen and oxygen atoms in total. The molecule has 0 unspecified atom stereocenters. The Morgan fingerprint density at radius 1 is 1.13 bits per heavy atom. The lowest BCUT2D eigenvalue weighted by Crippen LogP contribution is -2.36. The maximum atomic E-state index is 12.7. The molecular formula is C22H24N4O4. The lowest BCUT2D eigenvalue weighted by atomic mass is 10.1. The molecule has 8 heteroatoms. The molecule has 30 heavy (non-hydrogen) atoms. The van der Waals surface area contributed by atoms with Gasteiger partial charge < -0.3 is 20.5 Å². The maximum absolute atomic E-state index is 12.7. The van der Waals surface area contributed by atoms with Crippen molar-refractivity contribution in [2.24, 2.45) is 0 Å². The van der Waals surface area contributed by atoms with Crippen molar-refractivity contribution in [3.8, 4) is 17.6 Å². The van der Waals surface area contributed by atoms with Gasteiger partial charge in [-0.1, -0.05) is 6.07 Å². The zero-order chi connectivity index (χ0) is 22.1. The van der Waals surface area contributed by atoms with E-state index in [9.17, 15) is 14.9 Å². The molecule has 0 saturated carbocycles. The van der Waals surface area contributed by atoms with Gasteiger partial charge >= 0.3 is 0 Å². The number of benzene rings is 2. The fraction of sp³-hybridized carbons (Fsp3) is 0.227. The quantitative estimate of drug-likeness (QED) is 0.298. The van der Waals surface area contributed by atoms with Crippen LogP contribution in [-0.4, -0.2) is 32.6 Å². The number of nitriles is 1. The number of hydrogen-bond acceptors (Lipinski definition) is 7. The van der Waals surface area contributed by atoms with Crippen molar-refractivity contribution < 1.29 is 19.1 Å². The molecule has 0 atom stereocenters. The number of amides is 2. The Morgan fingerprint density at radius 2 is 1.80 bits per heavy atom. The normalized spacial score (nSPS) is 10.7. The molecule has 0 aliphatic rings. The van der Waals surface area contributed by atoms with Gasteiger partial charge in [0.25, 0.3) is 5.91 Å². The van der Waals surface area contributed by atoms with Crippen LogP contribution in [0.3, 0.4) is 0 Å². The van der Waals surface area contributed by atoms with Crippen LogP contribution in [0.5, 0.6) is 11.5 Å². The highest BCUT2D eigenvalue weighted by molar-refractivity contribution is 6.21. The van der Waals surface area contributed by atoms with Crippen LogP contribution in [0.1, 0.15) is 12.5 Å². The van der Waals surface area contributed by atoms with Gasteiger partial charge in [-0.05, 0) is 48.4 Å². The minimum Gasteiger partial charge on any atom is -0.493 e. The van der Waals surface area contributed by atoms with E-state index in [4.69, 9.17) is 15.2 Å². The van der Waals surface area contributed by atoms with E-state index < -0.39 is 11.8 Å². The summed E-state index contributed by atoms with van der Waals surface area (Å²) in [6.45, 7) is 1.73. The van der Waals surface area contributed by atoms with Crippen LogP contribution in [0.15, 0.2) is 54.2 Å². The second kappa shape index (κ2) is 10.5. The zero-order valence-corrected chi connectivity index (χ0v) is 17.1. The lowest BCUT2D eigenvalue weighted by molar-refractivity contribution is -0.123. The fourth-order valence-corrected chi connectivity index (χ4v) is 2.75. The molecule has 2 rings (SSSR count). The van der Waals surface area contributed by atoms with Crippen LogP contribution >= 0.6 is 0 Å². The molecule has 0 heterocycles. The molecule has 2 aromatic carbocycles. The standard InChI is InChI=1S/C22H24N4O4/c1-15(27)26(19-7-5-18(24)6-8-19)22(28)17(13-23)14-25-11-10-16-4-9-20(29-2)21(12-16)30-3/h4-9,12,14,25H,10-11,24H2,1-3H3/b17-14-. The number of carbonyl (C=O) groups is 2. The van der Waals surface area contributed by atoms with Crippen LogP contribution in [0.25, 0.3) is 0 Å². The summed E-state index contributed by atoms with van der Waals surface area (Å²) in [6.07, 6.45) is 1.94. The fourth-order valence-electron chi connectivity index (χ4n) is 2.75. The maximum Gasteiger partial charge on any atom is 0.277 e. The third-order valence-corrected chi connectivity index (χ3v) is 4.27. The van der Waals surface area contributed by atoms with E-state index in [1.54, 1.807) is 38.5 Å². The van der Waals surface area contributed by atoms with E-state index in [2.05, 4.69) is 5.32 Å². The molecule has 2 aromatic rings. The van der Waals surface area contributed by atoms with E-state index in [0.29, 0.717) is 35.8 Å². The van der Waals surface area contributed by atoms with Crippen molar-refractivity contribution in [1.82, 2.24) is 5.32 Å². The summed E-state index contributed by atoms with van der Waals surface area (Å²) in [7, 11) is 3.13. The lowest BCUT2D eigenvalue weighted by Gasteiger charge is -2.19. The highest BCUT2D eigenvalue weighted by atomic mass is 16.5. The topological polar surface area (TPSA) is 118 Å². The molecular weight excluding hydrogens is 384 g/mol. The van der Waals surface area contributed by atoms with Crippen LogP contribution in [0.2, 0.25) is 0 Å². The van der Waals surface area contributed by atoms with Crippen molar-refractivity contribution in [3.05, 3.63) is 59.8 Å². The van der Waals surface area contributed by atoms with Gasteiger partial charge in [0.05, 0.1) is 19.9 Å². The summed E-state index contributed by atoms with van der Waals surface area (Å²) in [5.41, 5.74) is 7.30. The van der Waals surface area contributed by atoms with E-state index in [0.717, 1.165) is 10.5 Å². The Balaban J connectivity index is 2.07. The second-order valence-electron chi connectivity index (χ2n) is 6.31. The summed E-state index contributed by atoms with van der Waals surface area (Å²) >= 11 is 0. The first-order valence-electron chi connectivity index (χ1n) is 9.16. The molecule has 3 N–H and O–H groups in total. The van der Waals surface area contributed by atoms with Gasteiger partial charge in [0.1, 0.15) is 11.6 Å². The molecule has 156 valence electrons. The van der Waals surface area contributed by atoms with Crippen molar-refractivity contribution in [1.29, 1.82) is 5.26 Å². The Morgan fingerprint density at radius 3 is 2.37 bits per heavy atom. The van der Waals surface area contributed by atoms with Crippen LogP contribution in [-0.2, 0) is 16.0 Å². The van der Waals surface area contributed by atoms with Gasteiger partial charge in [-0.3, -0.25) is 9.59 Å². The number of anilines is 2. The molecule has 0 fully saturated rings. The molecule has 0 radical (unpaired) electrons. The highest BCUT2D eigenvalue weighted by Gasteiger charge is 2.23.